The Hall–Kier alpha value is -2.61. The van der Waals surface area contributed by atoms with Crippen LogP contribution in [0.5, 0.6) is 11.5 Å². The van der Waals surface area contributed by atoms with Gasteiger partial charge in [-0.05, 0) is 19.1 Å². The number of rotatable bonds is 3. The number of hydrogen-bond acceptors (Lipinski definition) is 7. The fraction of sp³-hybridized carbons (Fsp3) is 0.471. The summed E-state index contributed by atoms with van der Waals surface area (Å²) in [6.07, 6.45) is 0.522. The molecule has 0 N–H and O–H groups in total. The van der Waals surface area contributed by atoms with Crippen LogP contribution < -0.4 is 9.47 Å². The van der Waals surface area contributed by atoms with Crippen LogP contribution in [0.2, 0.25) is 0 Å². The van der Waals surface area contributed by atoms with Gasteiger partial charge in [0.1, 0.15) is 19.3 Å². The molecule has 1 aromatic heterocycles. The molecule has 25 heavy (non-hydrogen) atoms. The third-order valence-corrected chi connectivity index (χ3v) is 4.48. The molecule has 3 heterocycles. The zero-order valence-corrected chi connectivity index (χ0v) is 14.1. The van der Waals surface area contributed by atoms with Gasteiger partial charge in [-0.15, -0.1) is 0 Å². The molecule has 0 bridgehead atoms. The number of aryl methyl sites for hydroxylation is 1. The zero-order chi connectivity index (χ0) is 17.4. The summed E-state index contributed by atoms with van der Waals surface area (Å²) in [6.45, 7) is 3.10. The van der Waals surface area contributed by atoms with Crippen molar-refractivity contribution in [3.05, 3.63) is 35.5 Å². The highest BCUT2D eigenvalue weighted by Gasteiger charge is 2.41. The first kappa shape index (κ1) is 15.9. The SMILES string of the molecule is CO[C@H]1C[C@H](c2nc(C)no2)N(C(=O)c2cccc3c2OCCO3)C1. The minimum absolute atomic E-state index is 0.0853. The van der Waals surface area contributed by atoms with Crippen molar-refractivity contribution in [2.24, 2.45) is 0 Å². The van der Waals surface area contributed by atoms with E-state index >= 15 is 0 Å². The van der Waals surface area contributed by atoms with Crippen LogP contribution in [0, 0.1) is 6.92 Å². The Balaban J connectivity index is 1.68. The van der Waals surface area contributed by atoms with E-state index < -0.39 is 0 Å². The zero-order valence-electron chi connectivity index (χ0n) is 14.1. The van der Waals surface area contributed by atoms with E-state index in [0.29, 0.717) is 55.0 Å². The minimum Gasteiger partial charge on any atom is -0.486 e. The number of para-hydroxylation sites is 1. The van der Waals surface area contributed by atoms with Crippen LogP contribution in [0.1, 0.15) is 34.5 Å². The highest BCUT2D eigenvalue weighted by atomic mass is 16.6. The molecule has 0 unspecified atom stereocenters. The van der Waals surface area contributed by atoms with Gasteiger partial charge >= 0.3 is 0 Å². The van der Waals surface area contributed by atoms with Gasteiger partial charge in [-0.2, -0.15) is 4.98 Å². The first-order valence-corrected chi connectivity index (χ1v) is 8.20. The monoisotopic (exact) mass is 345 g/mol. The van der Waals surface area contributed by atoms with Gasteiger partial charge in [0.15, 0.2) is 17.3 Å². The van der Waals surface area contributed by atoms with Gasteiger partial charge in [0, 0.05) is 20.1 Å². The number of likely N-dealkylation sites (tertiary alicyclic amines) is 1. The molecule has 1 saturated heterocycles. The number of hydrogen-bond donors (Lipinski definition) is 0. The topological polar surface area (TPSA) is 86.9 Å². The Morgan fingerprint density at radius 1 is 1.32 bits per heavy atom. The normalized spacial score (nSPS) is 22.2. The maximum Gasteiger partial charge on any atom is 0.258 e. The van der Waals surface area contributed by atoms with Crippen molar-refractivity contribution in [2.45, 2.75) is 25.5 Å². The second-order valence-corrected chi connectivity index (χ2v) is 6.08. The van der Waals surface area contributed by atoms with Crippen LogP contribution in [0.25, 0.3) is 0 Å². The van der Waals surface area contributed by atoms with E-state index in [1.54, 1.807) is 37.1 Å². The number of aromatic nitrogens is 2. The first-order chi connectivity index (χ1) is 12.2. The summed E-state index contributed by atoms with van der Waals surface area (Å²) in [7, 11) is 1.64. The van der Waals surface area contributed by atoms with Crippen molar-refractivity contribution in [3.63, 3.8) is 0 Å². The largest absolute Gasteiger partial charge is 0.486 e. The van der Waals surface area contributed by atoms with Gasteiger partial charge in [0.05, 0.1) is 11.7 Å². The van der Waals surface area contributed by atoms with Crippen LogP contribution in [0.4, 0.5) is 0 Å². The van der Waals surface area contributed by atoms with Gasteiger partial charge in [-0.1, -0.05) is 11.2 Å². The highest BCUT2D eigenvalue weighted by Crippen LogP contribution is 2.38. The molecule has 0 saturated carbocycles. The standard InChI is InChI=1S/C17H19N3O5/c1-10-18-16(25-19-10)13-8-11(22-2)9-20(13)17(21)12-4-3-5-14-15(12)24-7-6-23-14/h3-5,11,13H,6-9H2,1-2H3/t11-,13+/m0/s1. The summed E-state index contributed by atoms with van der Waals surface area (Å²) in [4.78, 5) is 19.2. The van der Waals surface area contributed by atoms with Crippen LogP contribution in [0.3, 0.4) is 0 Å². The summed E-state index contributed by atoms with van der Waals surface area (Å²) in [5, 5.41) is 3.84. The van der Waals surface area contributed by atoms with Crippen molar-refractivity contribution >= 4 is 5.91 Å². The Morgan fingerprint density at radius 3 is 2.92 bits per heavy atom. The van der Waals surface area contributed by atoms with Gasteiger partial charge in [0.2, 0.25) is 5.89 Å². The lowest BCUT2D eigenvalue weighted by molar-refractivity contribution is 0.0661. The average molecular weight is 345 g/mol. The number of ether oxygens (including phenoxy) is 3. The van der Waals surface area contributed by atoms with E-state index in [4.69, 9.17) is 18.7 Å². The summed E-state index contributed by atoms with van der Waals surface area (Å²) in [5.74, 6) is 1.87. The summed E-state index contributed by atoms with van der Waals surface area (Å²) < 4.78 is 22.0. The fourth-order valence-corrected chi connectivity index (χ4v) is 3.27. The van der Waals surface area contributed by atoms with Crippen LogP contribution in [-0.4, -0.2) is 53.9 Å². The van der Waals surface area contributed by atoms with Gasteiger partial charge in [-0.25, -0.2) is 0 Å². The predicted molar refractivity (Wildman–Crippen MR) is 85.7 cm³/mol. The van der Waals surface area contributed by atoms with Gasteiger partial charge in [0.25, 0.3) is 5.91 Å². The lowest BCUT2D eigenvalue weighted by atomic mass is 10.1. The maximum atomic E-state index is 13.2. The van der Waals surface area contributed by atoms with Crippen molar-refractivity contribution in [1.82, 2.24) is 15.0 Å². The Labute approximate surface area is 144 Å². The smallest absolute Gasteiger partial charge is 0.258 e. The Bertz CT molecular complexity index is 790. The highest BCUT2D eigenvalue weighted by molar-refractivity contribution is 5.98. The van der Waals surface area contributed by atoms with Crippen molar-refractivity contribution in [1.29, 1.82) is 0 Å². The molecule has 2 aliphatic rings. The van der Waals surface area contributed by atoms with Crippen LogP contribution >= 0.6 is 0 Å². The van der Waals surface area contributed by atoms with Gasteiger partial charge < -0.3 is 23.6 Å². The number of amides is 1. The van der Waals surface area contributed by atoms with E-state index in [2.05, 4.69) is 10.1 Å². The molecular weight excluding hydrogens is 326 g/mol. The van der Waals surface area contributed by atoms with Crippen molar-refractivity contribution in [2.75, 3.05) is 26.9 Å². The van der Waals surface area contributed by atoms with Crippen LogP contribution in [0.15, 0.2) is 22.7 Å². The van der Waals surface area contributed by atoms with Crippen molar-refractivity contribution < 1.29 is 23.5 Å². The number of carbonyl (C=O) groups is 1. The first-order valence-electron chi connectivity index (χ1n) is 8.20. The maximum absolute atomic E-state index is 13.2. The molecule has 0 spiro atoms. The van der Waals surface area contributed by atoms with Gasteiger partial charge in [-0.3, -0.25) is 4.79 Å². The Kier molecular flexibility index (Phi) is 4.04. The second kappa shape index (κ2) is 6.36. The van der Waals surface area contributed by atoms with E-state index in [-0.39, 0.29) is 18.1 Å². The fourth-order valence-electron chi connectivity index (χ4n) is 3.27. The minimum atomic E-state index is -0.320. The predicted octanol–water partition coefficient (Wildman–Crippen LogP) is 1.75. The van der Waals surface area contributed by atoms with E-state index in [9.17, 15) is 4.79 Å². The lowest BCUT2D eigenvalue weighted by Gasteiger charge is -2.25. The molecule has 0 radical (unpaired) electrons. The number of fused-ring (bicyclic) bond motifs is 1. The third-order valence-electron chi connectivity index (χ3n) is 4.48. The molecule has 2 atom stereocenters. The summed E-state index contributed by atoms with van der Waals surface area (Å²) in [6, 6.07) is 5.01. The second-order valence-electron chi connectivity index (χ2n) is 6.08. The van der Waals surface area contributed by atoms with E-state index in [1.165, 1.54) is 0 Å². The lowest BCUT2D eigenvalue weighted by Crippen LogP contribution is -2.33. The number of methoxy groups -OCH3 is 1. The number of benzene rings is 1. The van der Waals surface area contributed by atoms with E-state index in [1.807, 2.05) is 0 Å². The van der Waals surface area contributed by atoms with E-state index in [0.717, 1.165) is 0 Å². The molecule has 1 amide bonds. The quantitative estimate of drug-likeness (QED) is 0.837. The molecule has 8 heteroatoms. The molecular formula is C17H19N3O5. The number of carbonyl (C=O) groups excluding carboxylic acids is 1. The molecule has 1 aromatic carbocycles. The molecule has 4 rings (SSSR count). The molecule has 132 valence electrons. The summed E-state index contributed by atoms with van der Waals surface area (Å²) in [5.41, 5.74) is 0.468. The molecule has 2 aromatic rings. The third kappa shape index (κ3) is 2.82. The molecule has 0 aliphatic carbocycles. The van der Waals surface area contributed by atoms with Crippen LogP contribution in [-0.2, 0) is 4.74 Å². The molecule has 1 fully saturated rings. The molecule has 2 aliphatic heterocycles. The Morgan fingerprint density at radius 2 is 2.16 bits per heavy atom. The van der Waals surface area contributed by atoms with Crippen molar-refractivity contribution in [3.8, 4) is 11.5 Å². The molecule has 8 nitrogen and oxygen atoms in total. The summed E-state index contributed by atoms with van der Waals surface area (Å²) >= 11 is 0. The number of nitrogens with zero attached hydrogens (tertiary/aromatic N) is 3. The average Bonchev–Trinajstić information content (AvgIpc) is 3.26.